The van der Waals surface area contributed by atoms with Crippen LogP contribution in [0.1, 0.15) is 60.7 Å². The van der Waals surface area contributed by atoms with Crippen molar-refractivity contribution >= 4 is 23.3 Å². The highest BCUT2D eigenvalue weighted by Crippen LogP contribution is 2.47. The Morgan fingerprint density at radius 3 is 2.54 bits per heavy atom. The number of rotatable bonds is 6. The predicted molar refractivity (Wildman–Crippen MR) is 151 cm³/mol. The fraction of sp³-hybridized carbons (Fsp3) is 0.533. The molecule has 6 rings (SSSR count). The van der Waals surface area contributed by atoms with Crippen molar-refractivity contribution in [3.8, 4) is 17.2 Å². The van der Waals surface area contributed by atoms with Crippen LogP contribution in [-0.4, -0.2) is 50.8 Å². The number of nitrogens with one attached hydrogen (secondary N) is 2. The number of aromatic amines is 1. The Kier molecular flexibility index (Phi) is 7.62. The molecule has 3 aliphatic heterocycles. The number of hydrogen-bond acceptors (Lipinski definition) is 5. The van der Waals surface area contributed by atoms with Crippen molar-refractivity contribution < 1.29 is 14.2 Å². The molecule has 1 fully saturated rings. The average Bonchev–Trinajstić information content (AvgIpc) is 3.30. The van der Waals surface area contributed by atoms with Gasteiger partial charge in [-0.2, -0.15) is 0 Å². The Morgan fingerprint density at radius 2 is 1.78 bits per heavy atom. The van der Waals surface area contributed by atoms with Crippen molar-refractivity contribution in [3.05, 3.63) is 52.7 Å². The van der Waals surface area contributed by atoms with Crippen LogP contribution in [0, 0.1) is 11.8 Å². The first kappa shape index (κ1) is 26.2. The minimum absolute atomic E-state index is 0. The van der Waals surface area contributed by atoms with Gasteiger partial charge in [-0.15, -0.1) is 12.4 Å². The van der Waals surface area contributed by atoms with E-state index in [0.717, 1.165) is 55.5 Å². The standard InChI is InChI=1S/C30H39N3O3.ClH/c1-5-18-17-33-11-9-22-24-15-21(34-2)6-7-25(24)32-30(22)27(33)13-20(18)12-26-23-16-29(36-4)28(35-3)14-19(23)8-10-31-26;/h6-7,14-16,18,20,26-27,31-32H,5,8-13,17H2,1-4H3;1H. The third-order valence-electron chi connectivity index (χ3n) is 9.10. The molecule has 1 saturated heterocycles. The fourth-order valence-corrected chi connectivity index (χ4v) is 7.17. The molecule has 4 heterocycles. The number of benzene rings is 2. The molecule has 0 amide bonds. The third kappa shape index (κ3) is 4.58. The molecule has 7 heteroatoms. The van der Waals surface area contributed by atoms with E-state index in [9.17, 15) is 0 Å². The van der Waals surface area contributed by atoms with Gasteiger partial charge in [0.1, 0.15) is 5.75 Å². The Bertz CT molecular complexity index is 1260. The van der Waals surface area contributed by atoms with E-state index in [4.69, 9.17) is 14.2 Å². The summed E-state index contributed by atoms with van der Waals surface area (Å²) in [5.41, 5.74) is 6.95. The number of ether oxygens (including phenoxy) is 3. The van der Waals surface area contributed by atoms with Crippen LogP contribution in [-0.2, 0) is 12.8 Å². The van der Waals surface area contributed by atoms with E-state index in [1.54, 1.807) is 21.3 Å². The molecule has 2 aromatic carbocycles. The van der Waals surface area contributed by atoms with Crippen LogP contribution in [0.2, 0.25) is 0 Å². The summed E-state index contributed by atoms with van der Waals surface area (Å²) in [6.07, 6.45) is 5.74. The van der Waals surface area contributed by atoms with Gasteiger partial charge in [0.25, 0.3) is 0 Å². The molecule has 2 N–H and O–H groups in total. The maximum absolute atomic E-state index is 5.67. The van der Waals surface area contributed by atoms with Crippen molar-refractivity contribution in [1.29, 1.82) is 0 Å². The minimum atomic E-state index is 0. The van der Waals surface area contributed by atoms with Gasteiger partial charge >= 0.3 is 0 Å². The second-order valence-corrected chi connectivity index (χ2v) is 10.8. The van der Waals surface area contributed by atoms with E-state index in [-0.39, 0.29) is 12.4 Å². The SMILES string of the molecule is CCC1CN2CCc3c([nH]c4ccc(OC)cc34)C2CC1CC1NCCc2cc(OC)c(OC)cc21.Cl. The van der Waals surface area contributed by atoms with Crippen LogP contribution in [0.5, 0.6) is 17.2 Å². The van der Waals surface area contributed by atoms with E-state index in [1.807, 2.05) is 0 Å². The normalized spacial score (nSPS) is 25.0. The molecule has 1 aromatic heterocycles. The molecule has 37 heavy (non-hydrogen) atoms. The minimum Gasteiger partial charge on any atom is -0.497 e. The highest BCUT2D eigenvalue weighted by atomic mass is 35.5. The van der Waals surface area contributed by atoms with Crippen LogP contribution < -0.4 is 19.5 Å². The zero-order valence-corrected chi connectivity index (χ0v) is 23.2. The Balaban J connectivity index is 0.00000280. The van der Waals surface area contributed by atoms with Crippen molar-refractivity contribution in [2.75, 3.05) is 41.0 Å². The van der Waals surface area contributed by atoms with Gasteiger partial charge in [-0.25, -0.2) is 0 Å². The zero-order chi connectivity index (χ0) is 24.8. The van der Waals surface area contributed by atoms with Gasteiger partial charge in [-0.1, -0.05) is 13.3 Å². The van der Waals surface area contributed by atoms with E-state index < -0.39 is 0 Å². The Labute approximate surface area is 226 Å². The zero-order valence-electron chi connectivity index (χ0n) is 22.4. The van der Waals surface area contributed by atoms with Crippen LogP contribution in [0.25, 0.3) is 10.9 Å². The molecule has 4 atom stereocenters. The van der Waals surface area contributed by atoms with Gasteiger partial charge in [0.2, 0.25) is 0 Å². The second-order valence-electron chi connectivity index (χ2n) is 10.8. The lowest BCUT2D eigenvalue weighted by atomic mass is 9.73. The number of fused-ring (bicyclic) bond motifs is 6. The van der Waals surface area contributed by atoms with Crippen molar-refractivity contribution in [3.63, 3.8) is 0 Å². The summed E-state index contributed by atoms with van der Waals surface area (Å²) >= 11 is 0. The lowest BCUT2D eigenvalue weighted by Gasteiger charge is -2.47. The topological polar surface area (TPSA) is 58.8 Å². The molecule has 0 spiro atoms. The summed E-state index contributed by atoms with van der Waals surface area (Å²) in [4.78, 5) is 6.57. The molecule has 0 bridgehead atoms. The highest BCUT2D eigenvalue weighted by Gasteiger charge is 2.40. The fourth-order valence-electron chi connectivity index (χ4n) is 7.17. The van der Waals surface area contributed by atoms with Gasteiger partial charge < -0.3 is 24.5 Å². The van der Waals surface area contributed by atoms with E-state index >= 15 is 0 Å². The van der Waals surface area contributed by atoms with Gasteiger partial charge in [0.15, 0.2) is 11.5 Å². The highest BCUT2D eigenvalue weighted by molar-refractivity contribution is 5.86. The summed E-state index contributed by atoms with van der Waals surface area (Å²) < 4.78 is 16.8. The van der Waals surface area contributed by atoms with Crippen LogP contribution in [0.15, 0.2) is 30.3 Å². The van der Waals surface area contributed by atoms with Crippen LogP contribution in [0.3, 0.4) is 0 Å². The molecule has 200 valence electrons. The first-order chi connectivity index (χ1) is 17.6. The van der Waals surface area contributed by atoms with Crippen molar-refractivity contribution in [2.24, 2.45) is 11.8 Å². The van der Waals surface area contributed by atoms with Gasteiger partial charge in [-0.3, -0.25) is 4.90 Å². The van der Waals surface area contributed by atoms with Crippen molar-refractivity contribution in [1.82, 2.24) is 15.2 Å². The summed E-state index contributed by atoms with van der Waals surface area (Å²) in [5, 5.41) is 5.18. The first-order valence-corrected chi connectivity index (χ1v) is 13.5. The predicted octanol–water partition coefficient (Wildman–Crippen LogP) is 5.84. The van der Waals surface area contributed by atoms with Crippen LogP contribution in [0.4, 0.5) is 0 Å². The van der Waals surface area contributed by atoms with E-state index in [0.29, 0.717) is 18.0 Å². The largest absolute Gasteiger partial charge is 0.497 e. The number of nitrogens with zero attached hydrogens (tertiary/aromatic N) is 1. The molecule has 3 aliphatic rings. The third-order valence-corrected chi connectivity index (χ3v) is 9.10. The number of hydrogen-bond donors (Lipinski definition) is 2. The lowest BCUT2D eigenvalue weighted by Crippen LogP contribution is -2.46. The molecule has 3 aromatic rings. The molecule has 0 aliphatic carbocycles. The Hall–Kier alpha value is -2.41. The maximum atomic E-state index is 5.67. The quantitative estimate of drug-likeness (QED) is 0.423. The summed E-state index contributed by atoms with van der Waals surface area (Å²) in [7, 11) is 5.21. The molecular weight excluding hydrogens is 486 g/mol. The van der Waals surface area contributed by atoms with Gasteiger partial charge in [0, 0.05) is 35.7 Å². The van der Waals surface area contributed by atoms with Crippen molar-refractivity contribution in [2.45, 2.75) is 51.1 Å². The second kappa shape index (κ2) is 10.8. The van der Waals surface area contributed by atoms with Gasteiger partial charge in [-0.05, 0) is 91.1 Å². The molecule has 0 saturated carbocycles. The number of aromatic nitrogens is 1. The monoisotopic (exact) mass is 525 g/mol. The summed E-state index contributed by atoms with van der Waals surface area (Å²) in [6.45, 7) is 5.72. The number of methoxy groups -OCH3 is 3. The molecule has 0 radical (unpaired) electrons. The summed E-state index contributed by atoms with van der Waals surface area (Å²) in [6, 6.07) is 11.7. The average molecular weight is 526 g/mol. The van der Waals surface area contributed by atoms with Gasteiger partial charge in [0.05, 0.1) is 27.4 Å². The summed E-state index contributed by atoms with van der Waals surface area (Å²) in [5.74, 6) is 3.99. The first-order valence-electron chi connectivity index (χ1n) is 13.5. The maximum Gasteiger partial charge on any atom is 0.161 e. The van der Waals surface area contributed by atoms with Crippen LogP contribution >= 0.6 is 12.4 Å². The molecule has 6 nitrogen and oxygen atoms in total. The van der Waals surface area contributed by atoms with E-state index in [2.05, 4.69) is 52.5 Å². The number of H-pyrrole nitrogens is 1. The number of halogens is 1. The Morgan fingerprint density at radius 1 is 0.973 bits per heavy atom. The lowest BCUT2D eigenvalue weighted by molar-refractivity contribution is 0.0421. The molecule has 4 unspecified atom stereocenters. The van der Waals surface area contributed by atoms with E-state index in [1.165, 1.54) is 52.7 Å². The smallest absolute Gasteiger partial charge is 0.161 e. The number of piperidine rings is 1. The molecular formula is C30H40ClN3O3.